The van der Waals surface area contributed by atoms with E-state index < -0.39 is 8.25 Å². The average Bonchev–Trinajstić information content (AvgIpc) is 3.22. The van der Waals surface area contributed by atoms with Crippen LogP contribution >= 0.6 is 24.2 Å². The van der Waals surface area contributed by atoms with Crippen molar-refractivity contribution in [3.05, 3.63) is 52.5 Å². The molecule has 0 saturated carbocycles. The lowest BCUT2D eigenvalue weighted by Gasteiger charge is -2.11. The highest BCUT2D eigenvalue weighted by atomic mass is 79.9. The molecular weight excluding hydrogens is 485 g/mol. The molecule has 164 valence electrons. The second-order valence-electron chi connectivity index (χ2n) is 7.03. The maximum Gasteiger partial charge on any atom is 0.694 e. The molecule has 0 amide bonds. The summed E-state index contributed by atoms with van der Waals surface area (Å²) in [5.41, 5.74) is 2.77. The van der Waals surface area contributed by atoms with Crippen LogP contribution in [-0.2, 0) is 15.6 Å². The van der Waals surface area contributed by atoms with Gasteiger partial charge in [0.05, 0.1) is 10.6 Å². The minimum atomic E-state index is -2.52. The Morgan fingerprint density at radius 2 is 1.94 bits per heavy atom. The Labute approximate surface area is 190 Å². The molecule has 2 aromatic carbocycles. The molecule has 0 aliphatic carbocycles. The van der Waals surface area contributed by atoms with E-state index in [4.69, 9.17) is 14.2 Å². The summed E-state index contributed by atoms with van der Waals surface area (Å²) >= 11 is 3.52. The fourth-order valence-electron chi connectivity index (χ4n) is 2.79. The van der Waals surface area contributed by atoms with Crippen molar-refractivity contribution in [2.45, 2.75) is 32.9 Å². The zero-order chi connectivity index (χ0) is 22.2. The molecule has 10 heteroatoms. The van der Waals surface area contributed by atoms with E-state index in [0.29, 0.717) is 31.2 Å². The molecule has 3 aromatic rings. The minimum absolute atomic E-state index is 0.0860. The van der Waals surface area contributed by atoms with Crippen LogP contribution in [0.25, 0.3) is 22.8 Å². The molecule has 0 saturated heterocycles. The van der Waals surface area contributed by atoms with Crippen molar-refractivity contribution < 1.29 is 23.2 Å². The second kappa shape index (κ2) is 11.5. The molecule has 0 fully saturated rings. The minimum Gasteiger partial charge on any atom is -0.490 e. The van der Waals surface area contributed by atoms with Crippen LogP contribution in [0.5, 0.6) is 5.75 Å². The van der Waals surface area contributed by atoms with Gasteiger partial charge in [-0.05, 0) is 66.5 Å². The molecular formula is C21H24BrN3O5P+. The molecule has 3 rings (SSSR count). The first-order chi connectivity index (χ1) is 14.9. The molecule has 1 aromatic heterocycles. The van der Waals surface area contributed by atoms with Crippen molar-refractivity contribution in [1.82, 2.24) is 15.5 Å². The smallest absolute Gasteiger partial charge is 0.490 e. The summed E-state index contributed by atoms with van der Waals surface area (Å²) in [5.74, 6) is 1.71. The third kappa shape index (κ3) is 7.19. The van der Waals surface area contributed by atoms with Gasteiger partial charge in [-0.15, -0.1) is 9.42 Å². The molecule has 2 N–H and O–H groups in total. The zero-order valence-corrected chi connectivity index (χ0v) is 19.7. The number of nitrogens with zero attached hydrogens (tertiary/aromatic N) is 2. The largest absolute Gasteiger partial charge is 0.694 e. The van der Waals surface area contributed by atoms with Crippen LogP contribution in [0.15, 0.2) is 51.5 Å². The van der Waals surface area contributed by atoms with Gasteiger partial charge in [0, 0.05) is 22.2 Å². The Hall–Kier alpha value is -2.16. The maximum absolute atomic E-state index is 10.4. The first kappa shape index (κ1) is 23.5. The lowest BCUT2D eigenvalue weighted by atomic mass is 10.1. The number of rotatable bonds is 11. The Morgan fingerprint density at radius 1 is 1.19 bits per heavy atom. The van der Waals surface area contributed by atoms with E-state index in [-0.39, 0.29) is 12.7 Å². The Balaban J connectivity index is 1.57. The van der Waals surface area contributed by atoms with Gasteiger partial charge in [0.15, 0.2) is 0 Å². The van der Waals surface area contributed by atoms with Gasteiger partial charge < -0.3 is 14.6 Å². The SMILES string of the molecule is CC(C)Oc1ccc(-c2nc(-c3ccc(CNCCCO[P+](=O)O)cc3)no2)cc1Br. The van der Waals surface area contributed by atoms with E-state index in [1.807, 2.05) is 56.3 Å². The lowest BCUT2D eigenvalue weighted by molar-refractivity contribution is 0.241. The third-order valence-electron chi connectivity index (χ3n) is 4.21. The summed E-state index contributed by atoms with van der Waals surface area (Å²) in [7, 11) is -2.52. The van der Waals surface area contributed by atoms with Gasteiger partial charge in [0.25, 0.3) is 5.89 Å². The number of ether oxygens (including phenoxy) is 1. The number of hydrogen-bond acceptors (Lipinski definition) is 7. The fraction of sp³-hybridized carbons (Fsp3) is 0.333. The highest BCUT2D eigenvalue weighted by Gasteiger charge is 2.13. The van der Waals surface area contributed by atoms with Crippen LogP contribution in [0.2, 0.25) is 0 Å². The zero-order valence-electron chi connectivity index (χ0n) is 17.2. The average molecular weight is 509 g/mol. The molecule has 0 aliphatic rings. The van der Waals surface area contributed by atoms with E-state index in [1.165, 1.54) is 0 Å². The van der Waals surface area contributed by atoms with Gasteiger partial charge in [-0.2, -0.15) is 4.98 Å². The highest BCUT2D eigenvalue weighted by Crippen LogP contribution is 2.31. The molecule has 0 aliphatic heterocycles. The molecule has 8 nitrogen and oxygen atoms in total. The van der Waals surface area contributed by atoms with Crippen LogP contribution < -0.4 is 10.1 Å². The summed E-state index contributed by atoms with van der Waals surface area (Å²) in [6.45, 7) is 5.58. The first-order valence-corrected chi connectivity index (χ1v) is 11.7. The second-order valence-corrected chi connectivity index (χ2v) is 8.62. The quantitative estimate of drug-likeness (QED) is 0.272. The molecule has 1 heterocycles. The summed E-state index contributed by atoms with van der Waals surface area (Å²) in [6, 6.07) is 13.5. The fourth-order valence-corrected chi connectivity index (χ4v) is 3.54. The van der Waals surface area contributed by atoms with Crippen LogP contribution in [0, 0.1) is 0 Å². The highest BCUT2D eigenvalue weighted by molar-refractivity contribution is 9.10. The summed E-state index contributed by atoms with van der Waals surface area (Å²) < 4.78 is 27.0. The van der Waals surface area contributed by atoms with E-state index >= 15 is 0 Å². The van der Waals surface area contributed by atoms with Crippen LogP contribution in [-0.4, -0.2) is 34.3 Å². The van der Waals surface area contributed by atoms with Gasteiger partial charge in [0.2, 0.25) is 5.82 Å². The lowest BCUT2D eigenvalue weighted by Crippen LogP contribution is -2.15. The number of aromatic nitrogens is 2. The number of benzene rings is 2. The van der Waals surface area contributed by atoms with Gasteiger partial charge in [-0.3, -0.25) is 0 Å². The molecule has 31 heavy (non-hydrogen) atoms. The third-order valence-corrected chi connectivity index (χ3v) is 5.23. The van der Waals surface area contributed by atoms with Crippen LogP contribution in [0.1, 0.15) is 25.8 Å². The Bertz CT molecular complexity index is 1010. The molecule has 0 bridgehead atoms. The van der Waals surface area contributed by atoms with Crippen molar-refractivity contribution in [3.63, 3.8) is 0 Å². The van der Waals surface area contributed by atoms with Crippen molar-refractivity contribution >= 4 is 24.2 Å². The Morgan fingerprint density at radius 3 is 2.61 bits per heavy atom. The normalized spacial score (nSPS) is 11.7. The van der Waals surface area contributed by atoms with Crippen LogP contribution in [0.4, 0.5) is 0 Å². The van der Waals surface area contributed by atoms with E-state index in [9.17, 15) is 4.57 Å². The predicted molar refractivity (Wildman–Crippen MR) is 121 cm³/mol. The summed E-state index contributed by atoms with van der Waals surface area (Å²) in [5, 5.41) is 7.36. The predicted octanol–water partition coefficient (Wildman–Crippen LogP) is 5.10. The monoisotopic (exact) mass is 508 g/mol. The molecule has 1 atom stereocenters. The van der Waals surface area contributed by atoms with Gasteiger partial charge in [-0.25, -0.2) is 0 Å². The summed E-state index contributed by atoms with van der Waals surface area (Å²) in [6.07, 6.45) is 0.745. The van der Waals surface area contributed by atoms with Crippen molar-refractivity contribution in [2.75, 3.05) is 13.2 Å². The van der Waals surface area contributed by atoms with E-state index in [2.05, 4.69) is 35.9 Å². The molecule has 1 unspecified atom stereocenters. The first-order valence-electron chi connectivity index (χ1n) is 9.81. The summed E-state index contributed by atoms with van der Waals surface area (Å²) in [4.78, 5) is 13.1. The molecule has 0 radical (unpaired) electrons. The molecule has 0 spiro atoms. The number of halogens is 1. The van der Waals surface area contributed by atoms with E-state index in [0.717, 1.165) is 26.9 Å². The van der Waals surface area contributed by atoms with Gasteiger partial charge in [-0.1, -0.05) is 29.4 Å². The number of nitrogens with one attached hydrogen (secondary N) is 1. The van der Waals surface area contributed by atoms with Gasteiger partial charge >= 0.3 is 8.25 Å². The van der Waals surface area contributed by atoms with E-state index in [1.54, 1.807) is 0 Å². The number of hydrogen-bond donors (Lipinski definition) is 2. The van der Waals surface area contributed by atoms with Crippen molar-refractivity contribution in [3.8, 4) is 28.6 Å². The van der Waals surface area contributed by atoms with Crippen LogP contribution in [0.3, 0.4) is 0 Å². The topological polar surface area (TPSA) is 107 Å². The maximum atomic E-state index is 10.4. The van der Waals surface area contributed by atoms with Gasteiger partial charge in [0.1, 0.15) is 12.4 Å². The Kier molecular flexibility index (Phi) is 8.69. The van der Waals surface area contributed by atoms with Crippen molar-refractivity contribution in [1.29, 1.82) is 0 Å². The standard InChI is InChI=1S/C21H23BrN3O5P/c1-14(2)29-19-9-8-17(12-18(19)22)21-24-20(25-30-21)16-6-4-15(5-7-16)13-23-10-3-11-28-31(26)27/h4-9,12,14,23H,3,10-11,13H2,1-2H3/p+1. The van der Waals surface area contributed by atoms with Crippen molar-refractivity contribution in [2.24, 2.45) is 0 Å².